The first-order chi connectivity index (χ1) is 12.6. The highest BCUT2D eigenvalue weighted by atomic mass is 32.2. The Morgan fingerprint density at radius 1 is 1.15 bits per heavy atom. The van der Waals surface area contributed by atoms with Gasteiger partial charge in [0, 0.05) is 24.1 Å². The van der Waals surface area contributed by atoms with Crippen LogP contribution in [0, 0.1) is 13.8 Å². The molecule has 0 saturated heterocycles. The molecule has 27 heavy (non-hydrogen) atoms. The standard InChI is InChI=1S/C20H26N2O3S2/c1-14-8-9-18(12-15(14)2)26-11-10-20(23)22(4)16(3)17-6-5-7-19(13-17)27(21,24)25/h5-9,12-13,16H,10-11H2,1-4H3,(H2,21,24,25). The van der Waals surface area contributed by atoms with Crippen LogP contribution in [0.4, 0.5) is 0 Å². The van der Waals surface area contributed by atoms with Crippen molar-refractivity contribution in [3.8, 4) is 0 Å². The van der Waals surface area contributed by atoms with E-state index >= 15 is 0 Å². The van der Waals surface area contributed by atoms with Crippen LogP contribution in [0.15, 0.2) is 52.3 Å². The van der Waals surface area contributed by atoms with Crippen molar-refractivity contribution < 1.29 is 13.2 Å². The second kappa shape index (κ2) is 8.91. The molecule has 0 saturated carbocycles. The molecule has 2 aromatic carbocycles. The number of carbonyl (C=O) groups is 1. The summed E-state index contributed by atoms with van der Waals surface area (Å²) in [5.74, 6) is 0.704. The molecule has 1 unspecified atom stereocenters. The molecular formula is C20H26N2O3S2. The number of benzene rings is 2. The van der Waals surface area contributed by atoms with E-state index in [4.69, 9.17) is 5.14 Å². The second-order valence-corrected chi connectivity index (χ2v) is 9.37. The number of nitrogens with zero attached hydrogens (tertiary/aromatic N) is 1. The van der Waals surface area contributed by atoms with E-state index in [0.29, 0.717) is 12.2 Å². The third kappa shape index (κ3) is 5.82. The van der Waals surface area contributed by atoms with Crippen LogP contribution < -0.4 is 5.14 Å². The lowest BCUT2D eigenvalue weighted by atomic mass is 10.1. The Labute approximate surface area is 166 Å². The number of nitrogens with two attached hydrogens (primary N) is 1. The quantitative estimate of drug-likeness (QED) is 0.712. The van der Waals surface area contributed by atoms with Crippen molar-refractivity contribution in [2.24, 2.45) is 5.14 Å². The topological polar surface area (TPSA) is 80.5 Å². The van der Waals surface area contributed by atoms with E-state index in [1.54, 1.807) is 35.8 Å². The van der Waals surface area contributed by atoms with E-state index in [1.807, 2.05) is 6.92 Å². The van der Waals surface area contributed by atoms with Crippen molar-refractivity contribution >= 4 is 27.7 Å². The van der Waals surface area contributed by atoms with Crippen LogP contribution in [0.5, 0.6) is 0 Å². The summed E-state index contributed by atoms with van der Waals surface area (Å²) in [6.07, 6.45) is 0.410. The largest absolute Gasteiger partial charge is 0.339 e. The molecule has 0 spiro atoms. The van der Waals surface area contributed by atoms with Gasteiger partial charge in [-0.15, -0.1) is 11.8 Å². The van der Waals surface area contributed by atoms with Gasteiger partial charge in [0.05, 0.1) is 10.9 Å². The van der Waals surface area contributed by atoms with E-state index in [2.05, 4.69) is 32.0 Å². The molecule has 2 rings (SSSR count). The highest BCUT2D eigenvalue weighted by Crippen LogP contribution is 2.24. The minimum Gasteiger partial charge on any atom is -0.339 e. The second-order valence-electron chi connectivity index (χ2n) is 6.64. The van der Waals surface area contributed by atoms with Crippen LogP contribution >= 0.6 is 11.8 Å². The Bertz CT molecular complexity index is 927. The number of sulfonamides is 1. The first kappa shape index (κ1) is 21.5. The Hall–Kier alpha value is -1.83. The molecule has 0 aliphatic rings. The van der Waals surface area contributed by atoms with E-state index in [0.717, 1.165) is 10.5 Å². The van der Waals surface area contributed by atoms with E-state index in [-0.39, 0.29) is 16.8 Å². The summed E-state index contributed by atoms with van der Waals surface area (Å²) in [4.78, 5) is 15.4. The predicted octanol–water partition coefficient (Wildman–Crippen LogP) is 3.65. The number of hydrogen-bond donors (Lipinski definition) is 1. The summed E-state index contributed by atoms with van der Waals surface area (Å²) in [7, 11) is -2.03. The normalized spacial score (nSPS) is 12.6. The zero-order valence-electron chi connectivity index (χ0n) is 16.1. The van der Waals surface area contributed by atoms with Gasteiger partial charge in [0.25, 0.3) is 0 Å². The lowest BCUT2D eigenvalue weighted by Gasteiger charge is -2.25. The maximum atomic E-state index is 12.5. The maximum Gasteiger partial charge on any atom is 0.238 e. The van der Waals surface area contributed by atoms with Crippen molar-refractivity contribution in [3.63, 3.8) is 0 Å². The lowest BCUT2D eigenvalue weighted by molar-refractivity contribution is -0.131. The molecule has 2 N–H and O–H groups in total. The molecule has 7 heteroatoms. The summed E-state index contributed by atoms with van der Waals surface area (Å²) in [6.45, 7) is 6.03. The van der Waals surface area contributed by atoms with E-state index < -0.39 is 10.0 Å². The smallest absolute Gasteiger partial charge is 0.238 e. The number of primary sulfonamides is 1. The summed E-state index contributed by atoms with van der Waals surface area (Å²) in [5.41, 5.74) is 3.23. The van der Waals surface area contributed by atoms with E-state index in [1.165, 1.54) is 23.3 Å². The zero-order chi connectivity index (χ0) is 20.2. The predicted molar refractivity (Wildman–Crippen MR) is 110 cm³/mol. The maximum absolute atomic E-state index is 12.5. The van der Waals surface area contributed by atoms with Gasteiger partial charge in [-0.2, -0.15) is 0 Å². The summed E-state index contributed by atoms with van der Waals surface area (Å²) in [5, 5.41) is 5.19. The molecule has 5 nitrogen and oxygen atoms in total. The van der Waals surface area contributed by atoms with Gasteiger partial charge >= 0.3 is 0 Å². The minimum atomic E-state index is -3.76. The van der Waals surface area contributed by atoms with Crippen LogP contribution in [0.25, 0.3) is 0 Å². The number of amides is 1. The van der Waals surface area contributed by atoms with Crippen LogP contribution in [0.3, 0.4) is 0 Å². The Balaban J connectivity index is 1.97. The van der Waals surface area contributed by atoms with Gasteiger partial charge in [-0.3, -0.25) is 4.79 Å². The zero-order valence-corrected chi connectivity index (χ0v) is 17.7. The number of rotatable bonds is 7. The van der Waals surface area contributed by atoms with Crippen molar-refractivity contribution in [1.29, 1.82) is 0 Å². The Kier molecular flexibility index (Phi) is 7.08. The third-order valence-corrected chi connectivity index (χ3v) is 6.61. The van der Waals surface area contributed by atoms with Crippen LogP contribution in [0.2, 0.25) is 0 Å². The molecule has 146 valence electrons. The van der Waals surface area contributed by atoms with Crippen molar-refractivity contribution in [1.82, 2.24) is 4.90 Å². The van der Waals surface area contributed by atoms with Crippen LogP contribution in [-0.4, -0.2) is 32.0 Å². The molecule has 0 bridgehead atoms. The summed E-state index contributed by atoms with van der Waals surface area (Å²) in [6, 6.07) is 12.5. The molecule has 1 amide bonds. The number of carbonyl (C=O) groups excluding carboxylic acids is 1. The van der Waals surface area contributed by atoms with Gasteiger partial charge in [-0.25, -0.2) is 13.6 Å². The fourth-order valence-corrected chi connectivity index (χ4v) is 4.13. The fraction of sp³-hybridized carbons (Fsp3) is 0.350. The molecule has 1 atom stereocenters. The molecule has 0 radical (unpaired) electrons. The summed E-state index contributed by atoms with van der Waals surface area (Å²) >= 11 is 1.66. The molecule has 0 fully saturated rings. The van der Waals surface area contributed by atoms with Crippen LogP contribution in [0.1, 0.15) is 36.1 Å². The molecule has 2 aromatic rings. The lowest BCUT2D eigenvalue weighted by Crippen LogP contribution is -2.30. The Morgan fingerprint density at radius 2 is 1.85 bits per heavy atom. The summed E-state index contributed by atoms with van der Waals surface area (Å²) < 4.78 is 23.1. The number of aryl methyl sites for hydroxylation is 2. The minimum absolute atomic E-state index is 0.0137. The molecule has 0 heterocycles. The molecule has 0 aliphatic carbocycles. The third-order valence-electron chi connectivity index (χ3n) is 4.71. The van der Waals surface area contributed by atoms with Crippen molar-refractivity contribution in [2.75, 3.05) is 12.8 Å². The van der Waals surface area contributed by atoms with Gasteiger partial charge in [-0.1, -0.05) is 18.2 Å². The van der Waals surface area contributed by atoms with Crippen LogP contribution in [-0.2, 0) is 14.8 Å². The average molecular weight is 407 g/mol. The highest BCUT2D eigenvalue weighted by molar-refractivity contribution is 7.99. The van der Waals surface area contributed by atoms with E-state index in [9.17, 15) is 13.2 Å². The van der Waals surface area contributed by atoms with Crippen molar-refractivity contribution in [3.05, 3.63) is 59.2 Å². The SMILES string of the molecule is Cc1ccc(SCCC(=O)N(C)C(C)c2cccc(S(N)(=O)=O)c2)cc1C. The Morgan fingerprint density at radius 3 is 2.48 bits per heavy atom. The van der Waals surface area contributed by atoms with Gasteiger partial charge < -0.3 is 4.90 Å². The molecule has 0 aliphatic heterocycles. The van der Waals surface area contributed by atoms with Crippen molar-refractivity contribution in [2.45, 2.75) is 43.0 Å². The average Bonchev–Trinajstić information content (AvgIpc) is 2.62. The monoisotopic (exact) mass is 406 g/mol. The first-order valence-corrected chi connectivity index (χ1v) is 11.2. The van der Waals surface area contributed by atoms with Gasteiger partial charge in [0.15, 0.2) is 0 Å². The molecular weight excluding hydrogens is 380 g/mol. The van der Waals surface area contributed by atoms with Gasteiger partial charge in [-0.05, 0) is 61.7 Å². The highest BCUT2D eigenvalue weighted by Gasteiger charge is 2.19. The van der Waals surface area contributed by atoms with Gasteiger partial charge in [0.2, 0.25) is 15.9 Å². The fourth-order valence-electron chi connectivity index (χ4n) is 2.63. The number of hydrogen-bond acceptors (Lipinski definition) is 4. The first-order valence-electron chi connectivity index (χ1n) is 8.68. The molecule has 0 aromatic heterocycles. The number of thioether (sulfide) groups is 1. The van der Waals surface area contributed by atoms with Gasteiger partial charge in [0.1, 0.15) is 0 Å².